The highest BCUT2D eigenvalue weighted by molar-refractivity contribution is 7.12. The van der Waals surface area contributed by atoms with Crippen molar-refractivity contribution in [2.75, 3.05) is 19.9 Å². The van der Waals surface area contributed by atoms with Crippen LogP contribution in [0, 0.1) is 12.8 Å². The summed E-state index contributed by atoms with van der Waals surface area (Å²) in [5.41, 5.74) is 1.17. The van der Waals surface area contributed by atoms with Crippen molar-refractivity contribution in [3.8, 4) is 11.5 Å². The lowest BCUT2D eigenvalue weighted by Crippen LogP contribution is -2.39. The number of hydrogen-bond donors (Lipinski definition) is 1. The Kier molecular flexibility index (Phi) is 4.39. The number of carbonyl (C=O) groups is 1. The molecule has 0 spiro atoms. The molecule has 1 saturated heterocycles. The largest absolute Gasteiger partial charge is 0.481 e. The third-order valence-corrected chi connectivity index (χ3v) is 6.04. The topological polar surface area (TPSA) is 59.0 Å². The second-order valence-corrected chi connectivity index (χ2v) is 7.93. The smallest absolute Gasteiger partial charge is 0.306 e. The van der Waals surface area contributed by atoms with Gasteiger partial charge in [0, 0.05) is 9.75 Å². The second-order valence-electron chi connectivity index (χ2n) is 6.61. The zero-order valence-electron chi connectivity index (χ0n) is 14.1. The maximum atomic E-state index is 11.3. The fraction of sp³-hybridized carbons (Fsp3) is 0.421. The van der Waals surface area contributed by atoms with Crippen LogP contribution in [-0.4, -0.2) is 35.9 Å². The van der Waals surface area contributed by atoms with Crippen LogP contribution < -0.4 is 9.47 Å². The molecule has 0 bridgehead atoms. The Morgan fingerprint density at radius 1 is 1.20 bits per heavy atom. The highest BCUT2D eigenvalue weighted by Crippen LogP contribution is 2.40. The average Bonchev–Trinajstić information content (AvgIpc) is 3.24. The van der Waals surface area contributed by atoms with Gasteiger partial charge in [0.1, 0.15) is 0 Å². The van der Waals surface area contributed by atoms with Crippen molar-refractivity contribution in [3.05, 3.63) is 45.6 Å². The predicted octanol–water partition coefficient (Wildman–Crippen LogP) is 3.67. The Hall–Kier alpha value is -2.05. The van der Waals surface area contributed by atoms with Crippen molar-refractivity contribution in [2.45, 2.75) is 25.8 Å². The maximum Gasteiger partial charge on any atom is 0.306 e. The molecule has 3 heterocycles. The summed E-state index contributed by atoms with van der Waals surface area (Å²) >= 11 is 1.79. The van der Waals surface area contributed by atoms with Gasteiger partial charge in [-0.25, -0.2) is 0 Å². The Labute approximate surface area is 150 Å². The van der Waals surface area contributed by atoms with Crippen LogP contribution >= 0.6 is 11.3 Å². The Morgan fingerprint density at radius 3 is 2.64 bits per heavy atom. The molecule has 0 amide bonds. The Bertz CT molecular complexity index is 779. The van der Waals surface area contributed by atoms with Gasteiger partial charge in [-0.3, -0.25) is 9.69 Å². The summed E-state index contributed by atoms with van der Waals surface area (Å²) in [6.07, 6.45) is 1.39. The van der Waals surface area contributed by atoms with Crippen LogP contribution in [0.4, 0.5) is 0 Å². The Balaban J connectivity index is 1.65. The molecule has 25 heavy (non-hydrogen) atoms. The van der Waals surface area contributed by atoms with Crippen LogP contribution in [0.1, 0.15) is 34.2 Å². The predicted molar refractivity (Wildman–Crippen MR) is 95.4 cm³/mol. The van der Waals surface area contributed by atoms with E-state index in [-0.39, 0.29) is 18.8 Å². The van der Waals surface area contributed by atoms with Crippen molar-refractivity contribution < 1.29 is 19.4 Å². The molecule has 2 aromatic rings. The molecule has 6 heteroatoms. The first-order valence-corrected chi connectivity index (χ1v) is 9.36. The summed E-state index contributed by atoms with van der Waals surface area (Å²) < 4.78 is 11.0. The quantitative estimate of drug-likeness (QED) is 0.903. The highest BCUT2D eigenvalue weighted by atomic mass is 32.1. The Morgan fingerprint density at radius 2 is 1.96 bits per heavy atom. The van der Waals surface area contributed by atoms with Crippen LogP contribution in [-0.2, 0) is 4.79 Å². The molecular formula is C19H21NO4S. The highest BCUT2D eigenvalue weighted by Gasteiger charge is 2.31. The van der Waals surface area contributed by atoms with Gasteiger partial charge in [0.15, 0.2) is 11.5 Å². The normalized spacial score (nSPS) is 19.1. The molecule has 0 aliphatic carbocycles. The molecule has 2 aliphatic rings. The molecule has 1 aromatic heterocycles. The van der Waals surface area contributed by atoms with E-state index in [1.165, 1.54) is 15.3 Å². The molecule has 1 unspecified atom stereocenters. The fourth-order valence-corrected chi connectivity index (χ4v) is 4.68. The van der Waals surface area contributed by atoms with E-state index in [0.717, 1.165) is 24.6 Å². The van der Waals surface area contributed by atoms with Crippen molar-refractivity contribution >= 4 is 17.3 Å². The van der Waals surface area contributed by atoms with Gasteiger partial charge in [-0.15, -0.1) is 11.3 Å². The van der Waals surface area contributed by atoms with Crippen molar-refractivity contribution in [1.29, 1.82) is 0 Å². The molecule has 1 fully saturated rings. The van der Waals surface area contributed by atoms with Crippen molar-refractivity contribution in [3.63, 3.8) is 0 Å². The monoisotopic (exact) mass is 359 g/mol. The number of piperidine rings is 1. The second kappa shape index (κ2) is 6.69. The van der Waals surface area contributed by atoms with Crippen LogP contribution in [0.25, 0.3) is 0 Å². The fourth-order valence-electron chi connectivity index (χ4n) is 3.64. The summed E-state index contributed by atoms with van der Waals surface area (Å²) in [6.45, 7) is 3.95. The number of carboxylic acid groups (broad SMARTS) is 1. The van der Waals surface area contributed by atoms with Gasteiger partial charge in [0.25, 0.3) is 0 Å². The molecule has 4 rings (SSSR count). The van der Waals surface area contributed by atoms with E-state index in [9.17, 15) is 9.90 Å². The number of aryl methyl sites for hydroxylation is 1. The summed E-state index contributed by atoms with van der Waals surface area (Å²) in [7, 11) is 0. The number of fused-ring (bicyclic) bond motifs is 1. The first kappa shape index (κ1) is 16.4. The van der Waals surface area contributed by atoms with E-state index in [4.69, 9.17) is 9.47 Å². The lowest BCUT2D eigenvalue weighted by molar-refractivity contribution is -0.143. The number of aliphatic carboxylic acids is 1. The summed E-state index contributed by atoms with van der Waals surface area (Å²) in [5, 5.41) is 9.26. The first-order valence-electron chi connectivity index (χ1n) is 8.54. The van der Waals surface area contributed by atoms with E-state index in [1.54, 1.807) is 11.3 Å². The first-order chi connectivity index (χ1) is 12.1. The van der Waals surface area contributed by atoms with Crippen molar-refractivity contribution in [1.82, 2.24) is 4.90 Å². The van der Waals surface area contributed by atoms with Crippen LogP contribution in [0.3, 0.4) is 0 Å². The maximum absolute atomic E-state index is 11.3. The zero-order valence-corrected chi connectivity index (χ0v) is 14.9. The summed E-state index contributed by atoms with van der Waals surface area (Å²) in [4.78, 5) is 16.2. The van der Waals surface area contributed by atoms with Gasteiger partial charge < -0.3 is 14.6 Å². The van der Waals surface area contributed by atoms with Crippen LogP contribution in [0.15, 0.2) is 30.3 Å². The molecule has 1 aromatic carbocycles. The average molecular weight is 359 g/mol. The van der Waals surface area contributed by atoms with Crippen LogP contribution in [0.2, 0.25) is 0 Å². The number of likely N-dealkylation sites (tertiary alicyclic amines) is 1. The number of thiophene rings is 1. The number of carboxylic acids is 1. The molecule has 2 aliphatic heterocycles. The number of hydrogen-bond acceptors (Lipinski definition) is 5. The number of benzene rings is 1. The molecule has 0 saturated carbocycles. The molecule has 5 nitrogen and oxygen atoms in total. The molecule has 132 valence electrons. The van der Waals surface area contributed by atoms with Crippen molar-refractivity contribution in [2.24, 2.45) is 5.92 Å². The van der Waals surface area contributed by atoms with E-state index < -0.39 is 5.97 Å². The van der Waals surface area contributed by atoms with Gasteiger partial charge >= 0.3 is 5.97 Å². The van der Waals surface area contributed by atoms with E-state index >= 15 is 0 Å². The third kappa shape index (κ3) is 3.24. The SMILES string of the molecule is Cc1ccc(C(c2ccc3c(c2)OCO3)N2CCC(C(=O)O)CC2)s1. The minimum absolute atomic E-state index is 0.128. The minimum atomic E-state index is -0.675. The number of nitrogens with zero attached hydrogens (tertiary/aromatic N) is 1. The summed E-state index contributed by atoms with van der Waals surface area (Å²) in [5.74, 6) is 0.676. The third-order valence-electron chi connectivity index (χ3n) is 4.99. The zero-order chi connectivity index (χ0) is 17.4. The van der Waals surface area contributed by atoms with E-state index in [2.05, 4.69) is 36.1 Å². The lowest BCUT2D eigenvalue weighted by atomic mass is 9.93. The summed E-state index contributed by atoms with van der Waals surface area (Å²) in [6, 6.07) is 10.6. The van der Waals surface area contributed by atoms with Gasteiger partial charge in [0.05, 0.1) is 12.0 Å². The molecule has 1 N–H and O–H groups in total. The molecule has 1 atom stereocenters. The molecular weight excluding hydrogens is 338 g/mol. The van der Waals surface area contributed by atoms with Crippen LogP contribution in [0.5, 0.6) is 11.5 Å². The minimum Gasteiger partial charge on any atom is -0.481 e. The lowest BCUT2D eigenvalue weighted by Gasteiger charge is -2.36. The number of rotatable bonds is 4. The van der Waals surface area contributed by atoms with Gasteiger partial charge in [0.2, 0.25) is 6.79 Å². The van der Waals surface area contributed by atoms with E-state index in [1.807, 2.05) is 6.07 Å². The number of ether oxygens (including phenoxy) is 2. The van der Waals surface area contributed by atoms with E-state index in [0.29, 0.717) is 12.8 Å². The van der Waals surface area contributed by atoms with Gasteiger partial charge in [-0.2, -0.15) is 0 Å². The standard InChI is InChI=1S/C19H21NO4S/c1-12-2-5-17(25-12)18(20-8-6-13(7-9-20)19(21)22)14-3-4-15-16(10-14)24-11-23-15/h2-5,10,13,18H,6-9,11H2,1H3,(H,21,22). The van der Waals surface area contributed by atoms with Gasteiger partial charge in [-0.1, -0.05) is 6.07 Å². The van der Waals surface area contributed by atoms with Gasteiger partial charge in [-0.05, 0) is 62.7 Å². The molecule has 0 radical (unpaired) electrons.